The van der Waals surface area contributed by atoms with Crippen LogP contribution in [-0.4, -0.2) is 60.4 Å². The number of hydrogen-bond acceptors (Lipinski definition) is 3. The third kappa shape index (κ3) is 4.93. The molecule has 0 atom stereocenters. The highest BCUT2D eigenvalue weighted by Crippen LogP contribution is 2.18. The quantitative estimate of drug-likeness (QED) is 0.833. The molecule has 5 heteroatoms. The Labute approximate surface area is 143 Å². The van der Waals surface area contributed by atoms with Gasteiger partial charge in [-0.15, -0.1) is 0 Å². The zero-order valence-corrected chi connectivity index (χ0v) is 14.2. The normalized spacial score (nSPS) is 18.8. The summed E-state index contributed by atoms with van der Waals surface area (Å²) in [4.78, 5) is 28.1. The molecular weight excluding hydrogens is 302 g/mol. The molecule has 1 saturated heterocycles. The van der Waals surface area contributed by atoms with Crippen LogP contribution in [0.4, 0.5) is 0 Å². The number of aryl methyl sites for hydroxylation is 1. The third-order valence-corrected chi connectivity index (χ3v) is 4.45. The van der Waals surface area contributed by atoms with Gasteiger partial charge in [0.1, 0.15) is 0 Å². The fraction of sp³-hybridized carbons (Fsp3) is 0.474. The number of benzene rings is 1. The molecule has 24 heavy (non-hydrogen) atoms. The summed E-state index contributed by atoms with van der Waals surface area (Å²) < 4.78 is 0. The average Bonchev–Trinajstić information content (AvgIpc) is 3.37. The Morgan fingerprint density at radius 3 is 2.62 bits per heavy atom. The van der Waals surface area contributed by atoms with Gasteiger partial charge in [-0.2, -0.15) is 0 Å². The first-order valence-electron chi connectivity index (χ1n) is 8.65. The minimum atomic E-state index is 0.0404. The number of carbonyl (C=O) groups excluding carboxylic acids is 2. The Kier molecular flexibility index (Phi) is 5.30. The molecule has 0 spiro atoms. The maximum absolute atomic E-state index is 12.3. The first kappa shape index (κ1) is 16.7. The van der Waals surface area contributed by atoms with Crippen molar-refractivity contribution in [3.8, 4) is 0 Å². The van der Waals surface area contributed by atoms with Gasteiger partial charge in [-0.25, -0.2) is 0 Å². The fourth-order valence-corrected chi connectivity index (χ4v) is 2.88. The van der Waals surface area contributed by atoms with E-state index in [1.165, 1.54) is 5.56 Å². The van der Waals surface area contributed by atoms with Gasteiger partial charge >= 0.3 is 0 Å². The minimum Gasteiger partial charge on any atom is -0.352 e. The molecule has 2 aliphatic rings. The number of nitrogens with zero attached hydrogens (tertiary/aromatic N) is 2. The summed E-state index contributed by atoms with van der Waals surface area (Å²) in [6, 6.07) is 8.49. The van der Waals surface area contributed by atoms with Crippen molar-refractivity contribution in [2.24, 2.45) is 0 Å². The van der Waals surface area contributed by atoms with Crippen molar-refractivity contribution in [2.45, 2.75) is 25.8 Å². The van der Waals surface area contributed by atoms with Crippen LogP contribution in [0.5, 0.6) is 0 Å². The van der Waals surface area contributed by atoms with Crippen molar-refractivity contribution >= 4 is 17.9 Å². The van der Waals surface area contributed by atoms with E-state index in [9.17, 15) is 9.59 Å². The molecule has 0 aromatic heterocycles. The number of rotatable bonds is 5. The van der Waals surface area contributed by atoms with Crippen LogP contribution >= 0.6 is 0 Å². The van der Waals surface area contributed by atoms with Crippen LogP contribution in [0.2, 0.25) is 0 Å². The summed E-state index contributed by atoms with van der Waals surface area (Å²) in [5.41, 5.74) is 2.22. The number of nitrogens with one attached hydrogen (secondary N) is 1. The van der Waals surface area contributed by atoms with Crippen molar-refractivity contribution in [2.75, 3.05) is 32.7 Å². The molecule has 0 bridgehead atoms. The molecule has 2 amide bonds. The number of amides is 2. The molecule has 2 fully saturated rings. The lowest BCUT2D eigenvalue weighted by Gasteiger charge is -2.33. The van der Waals surface area contributed by atoms with E-state index in [4.69, 9.17) is 0 Å². The highest BCUT2D eigenvalue weighted by molar-refractivity contribution is 5.91. The van der Waals surface area contributed by atoms with Gasteiger partial charge in [0.2, 0.25) is 11.8 Å². The summed E-state index contributed by atoms with van der Waals surface area (Å²) in [6.07, 6.45) is 5.73. The molecule has 1 aliphatic carbocycles. The van der Waals surface area contributed by atoms with Crippen molar-refractivity contribution in [1.29, 1.82) is 0 Å². The van der Waals surface area contributed by atoms with Gasteiger partial charge in [0, 0.05) is 38.3 Å². The van der Waals surface area contributed by atoms with E-state index >= 15 is 0 Å². The van der Waals surface area contributed by atoms with E-state index in [1.54, 1.807) is 6.08 Å². The van der Waals surface area contributed by atoms with Gasteiger partial charge in [-0.05, 0) is 31.4 Å². The highest BCUT2D eigenvalue weighted by Gasteiger charge is 2.25. The first-order chi connectivity index (χ1) is 11.6. The van der Waals surface area contributed by atoms with Gasteiger partial charge in [0.05, 0.1) is 6.54 Å². The SMILES string of the molecule is Cc1cccc(C=CC(=O)N2CCN(CC(=O)NC3CC3)CC2)c1. The van der Waals surface area contributed by atoms with Crippen molar-refractivity contribution in [3.63, 3.8) is 0 Å². The predicted molar refractivity (Wildman–Crippen MR) is 94.4 cm³/mol. The zero-order chi connectivity index (χ0) is 16.9. The van der Waals surface area contributed by atoms with Crippen LogP contribution in [0.1, 0.15) is 24.0 Å². The number of hydrogen-bond donors (Lipinski definition) is 1. The minimum absolute atomic E-state index is 0.0404. The second-order valence-electron chi connectivity index (χ2n) is 6.69. The van der Waals surface area contributed by atoms with Crippen LogP contribution in [0.3, 0.4) is 0 Å². The van der Waals surface area contributed by atoms with Gasteiger partial charge < -0.3 is 10.2 Å². The topological polar surface area (TPSA) is 52.7 Å². The molecule has 1 aliphatic heterocycles. The molecule has 1 saturated carbocycles. The van der Waals surface area contributed by atoms with Crippen molar-refractivity contribution in [3.05, 3.63) is 41.5 Å². The van der Waals surface area contributed by atoms with Crippen LogP contribution in [-0.2, 0) is 9.59 Å². The maximum Gasteiger partial charge on any atom is 0.246 e. The van der Waals surface area contributed by atoms with E-state index in [-0.39, 0.29) is 11.8 Å². The molecule has 128 valence electrons. The Bertz CT molecular complexity index is 629. The zero-order valence-electron chi connectivity index (χ0n) is 14.2. The molecule has 1 aromatic carbocycles. The van der Waals surface area contributed by atoms with E-state index in [0.717, 1.165) is 31.5 Å². The molecular formula is C19H25N3O2. The molecule has 5 nitrogen and oxygen atoms in total. The molecule has 0 unspecified atom stereocenters. The number of carbonyl (C=O) groups is 2. The van der Waals surface area contributed by atoms with Crippen LogP contribution in [0.15, 0.2) is 30.3 Å². The molecule has 1 aromatic rings. The van der Waals surface area contributed by atoms with Crippen molar-refractivity contribution in [1.82, 2.24) is 15.1 Å². The second-order valence-corrected chi connectivity index (χ2v) is 6.69. The lowest BCUT2D eigenvalue weighted by Crippen LogP contribution is -2.51. The van der Waals surface area contributed by atoms with Gasteiger partial charge in [-0.1, -0.05) is 29.8 Å². The van der Waals surface area contributed by atoms with E-state index in [0.29, 0.717) is 25.7 Å². The van der Waals surface area contributed by atoms with Gasteiger partial charge in [-0.3, -0.25) is 14.5 Å². The first-order valence-corrected chi connectivity index (χ1v) is 8.65. The van der Waals surface area contributed by atoms with Gasteiger partial charge in [0.15, 0.2) is 0 Å². The average molecular weight is 327 g/mol. The summed E-state index contributed by atoms with van der Waals surface area (Å²) in [6.45, 7) is 5.33. The Hall–Kier alpha value is -2.14. The number of piperazine rings is 1. The Morgan fingerprint density at radius 1 is 1.21 bits per heavy atom. The summed E-state index contributed by atoms with van der Waals surface area (Å²) in [5.74, 6) is 0.148. The van der Waals surface area contributed by atoms with Crippen LogP contribution in [0, 0.1) is 6.92 Å². The highest BCUT2D eigenvalue weighted by atomic mass is 16.2. The lowest BCUT2D eigenvalue weighted by atomic mass is 10.1. The van der Waals surface area contributed by atoms with Crippen molar-refractivity contribution < 1.29 is 9.59 Å². The summed E-state index contributed by atoms with van der Waals surface area (Å²) in [5, 5.41) is 3.01. The fourth-order valence-electron chi connectivity index (χ4n) is 2.88. The maximum atomic E-state index is 12.3. The van der Waals surface area contributed by atoms with Crippen LogP contribution < -0.4 is 5.32 Å². The molecule has 3 rings (SSSR count). The standard InChI is InChI=1S/C19H25N3O2/c1-15-3-2-4-16(13-15)5-8-19(24)22-11-9-21(10-12-22)14-18(23)20-17-6-7-17/h2-5,8,13,17H,6-7,9-12,14H2,1H3,(H,20,23). The van der Waals surface area contributed by atoms with E-state index < -0.39 is 0 Å². The second kappa shape index (κ2) is 7.62. The van der Waals surface area contributed by atoms with Gasteiger partial charge in [0.25, 0.3) is 0 Å². The van der Waals surface area contributed by atoms with Crippen LogP contribution in [0.25, 0.3) is 6.08 Å². The molecule has 0 radical (unpaired) electrons. The lowest BCUT2D eigenvalue weighted by molar-refractivity contribution is -0.128. The molecule has 1 heterocycles. The van der Waals surface area contributed by atoms with E-state index in [1.807, 2.05) is 36.1 Å². The van der Waals surface area contributed by atoms with E-state index in [2.05, 4.69) is 16.3 Å². The third-order valence-electron chi connectivity index (χ3n) is 4.45. The molecule has 1 N–H and O–H groups in total. The largest absolute Gasteiger partial charge is 0.352 e. The monoisotopic (exact) mass is 327 g/mol. The summed E-state index contributed by atoms with van der Waals surface area (Å²) in [7, 11) is 0. The smallest absolute Gasteiger partial charge is 0.246 e. The summed E-state index contributed by atoms with van der Waals surface area (Å²) >= 11 is 0. The Morgan fingerprint density at radius 2 is 1.96 bits per heavy atom. The predicted octanol–water partition coefficient (Wildman–Crippen LogP) is 1.43. The Balaban J connectivity index is 1.43.